The molecule has 178 valence electrons. The second-order valence-electron chi connectivity index (χ2n) is 12.6. The third-order valence-corrected chi connectivity index (χ3v) is 10.6. The molecule has 4 fully saturated rings. The first-order chi connectivity index (χ1) is 14.7. The minimum atomic E-state index is -0.245. The van der Waals surface area contributed by atoms with Crippen LogP contribution >= 0.6 is 0 Å². The van der Waals surface area contributed by atoms with E-state index < -0.39 is 0 Å². The Hall–Kier alpha value is -0.630. The van der Waals surface area contributed by atoms with Crippen LogP contribution in [0.15, 0.2) is 13.2 Å². The lowest BCUT2D eigenvalue weighted by Crippen LogP contribution is -2.57. The van der Waals surface area contributed by atoms with Gasteiger partial charge in [0.1, 0.15) is 5.78 Å². The topological polar surface area (TPSA) is 37.3 Å². The smallest absolute Gasteiger partial charge is 0.136 e. The molecule has 4 aliphatic carbocycles. The van der Waals surface area contributed by atoms with Crippen LogP contribution < -0.4 is 0 Å². The van der Waals surface area contributed by atoms with Crippen molar-refractivity contribution in [3.8, 4) is 0 Å². The zero-order chi connectivity index (χ0) is 23.0. The van der Waals surface area contributed by atoms with Crippen molar-refractivity contribution in [2.45, 2.75) is 111 Å². The number of ketones is 1. The second kappa shape index (κ2) is 9.70. The molecule has 1 N–H and O–H groups in total. The SMILES string of the molecule is C=C.CC(C)CCC[C@@H](C)[C@H]1CC[C@H]2[C@@H]3CC(=O)C4C[C@@H](O)CC[C@]4(C)[C@H]3CC[C@]12C. The number of aliphatic hydroxyl groups is 1. The van der Waals surface area contributed by atoms with Crippen LogP contribution in [0.25, 0.3) is 0 Å². The molecule has 0 bridgehead atoms. The molecular formula is C29H50O2. The molecule has 2 heteroatoms. The molecule has 0 heterocycles. The Balaban J connectivity index is 0.00000132. The van der Waals surface area contributed by atoms with Gasteiger partial charge in [-0.1, -0.05) is 53.9 Å². The van der Waals surface area contributed by atoms with Crippen LogP contribution in [-0.2, 0) is 4.79 Å². The lowest BCUT2D eigenvalue weighted by molar-refractivity contribution is -0.160. The Morgan fingerprint density at radius 1 is 0.968 bits per heavy atom. The molecule has 0 spiro atoms. The van der Waals surface area contributed by atoms with E-state index in [1.807, 2.05) is 0 Å². The van der Waals surface area contributed by atoms with Gasteiger partial charge in [0, 0.05) is 12.3 Å². The zero-order valence-corrected chi connectivity index (χ0v) is 21.2. The molecular weight excluding hydrogens is 380 g/mol. The van der Waals surface area contributed by atoms with Crippen LogP contribution in [-0.4, -0.2) is 17.0 Å². The van der Waals surface area contributed by atoms with Gasteiger partial charge in [-0.05, 0) is 91.3 Å². The first-order valence-corrected chi connectivity index (χ1v) is 13.4. The number of fused-ring (bicyclic) bond motifs is 5. The minimum Gasteiger partial charge on any atom is -0.393 e. The van der Waals surface area contributed by atoms with Gasteiger partial charge in [-0.2, -0.15) is 0 Å². The van der Waals surface area contributed by atoms with Crippen molar-refractivity contribution in [3.05, 3.63) is 13.2 Å². The summed E-state index contributed by atoms with van der Waals surface area (Å²) in [5, 5.41) is 10.2. The van der Waals surface area contributed by atoms with Crippen LogP contribution in [0.3, 0.4) is 0 Å². The van der Waals surface area contributed by atoms with Gasteiger partial charge in [-0.15, -0.1) is 13.2 Å². The number of hydrogen-bond donors (Lipinski definition) is 1. The summed E-state index contributed by atoms with van der Waals surface area (Å²) < 4.78 is 0. The highest BCUT2D eigenvalue weighted by Crippen LogP contribution is 2.67. The van der Waals surface area contributed by atoms with E-state index in [9.17, 15) is 9.90 Å². The van der Waals surface area contributed by atoms with E-state index in [0.717, 1.165) is 49.4 Å². The Kier molecular flexibility index (Phi) is 7.82. The Morgan fingerprint density at radius 3 is 2.29 bits per heavy atom. The standard InChI is InChI=1S/C27H46O2.C2H4/c1-17(2)7-6-8-18(3)21-9-10-22-20-16-25(29)24-15-19(28)11-13-27(24,5)23(20)12-14-26(21,22)4;1-2/h17-24,28H,6-16H2,1-5H3;1-2H2/t18-,19+,20+,21-,22+,23+,24?,26-,27-;/m1./s1. The van der Waals surface area contributed by atoms with Gasteiger partial charge in [0.15, 0.2) is 0 Å². The van der Waals surface area contributed by atoms with Crippen molar-refractivity contribution in [2.24, 2.45) is 52.3 Å². The van der Waals surface area contributed by atoms with Crippen LogP contribution in [0.4, 0.5) is 0 Å². The maximum Gasteiger partial charge on any atom is 0.136 e. The maximum atomic E-state index is 13.2. The lowest BCUT2D eigenvalue weighted by atomic mass is 9.44. The van der Waals surface area contributed by atoms with Crippen molar-refractivity contribution in [1.29, 1.82) is 0 Å². The number of aliphatic hydroxyl groups excluding tert-OH is 1. The average Bonchev–Trinajstić information content (AvgIpc) is 3.08. The quantitative estimate of drug-likeness (QED) is 0.460. The van der Waals surface area contributed by atoms with Crippen LogP contribution in [0.2, 0.25) is 0 Å². The molecule has 0 amide bonds. The molecule has 0 aromatic carbocycles. The zero-order valence-electron chi connectivity index (χ0n) is 21.2. The lowest BCUT2D eigenvalue weighted by Gasteiger charge is -2.60. The summed E-state index contributed by atoms with van der Waals surface area (Å²) in [7, 11) is 0. The molecule has 4 rings (SSSR count). The van der Waals surface area contributed by atoms with Crippen molar-refractivity contribution in [1.82, 2.24) is 0 Å². The molecule has 0 aliphatic heterocycles. The monoisotopic (exact) mass is 430 g/mol. The van der Waals surface area contributed by atoms with Gasteiger partial charge in [-0.25, -0.2) is 0 Å². The van der Waals surface area contributed by atoms with Gasteiger partial charge >= 0.3 is 0 Å². The molecule has 0 aromatic heterocycles. The van der Waals surface area contributed by atoms with E-state index in [-0.39, 0.29) is 17.4 Å². The van der Waals surface area contributed by atoms with E-state index in [1.165, 1.54) is 44.9 Å². The summed E-state index contributed by atoms with van der Waals surface area (Å²) in [4.78, 5) is 13.2. The van der Waals surface area contributed by atoms with Crippen LogP contribution in [0, 0.1) is 52.3 Å². The molecule has 4 saturated carbocycles. The van der Waals surface area contributed by atoms with Gasteiger partial charge in [0.05, 0.1) is 6.10 Å². The molecule has 0 aromatic rings. The largest absolute Gasteiger partial charge is 0.393 e. The van der Waals surface area contributed by atoms with E-state index in [1.54, 1.807) is 0 Å². The normalized spacial score (nSPS) is 45.2. The Morgan fingerprint density at radius 2 is 1.61 bits per heavy atom. The number of carbonyl (C=O) groups excluding carboxylic acids is 1. The van der Waals surface area contributed by atoms with Crippen molar-refractivity contribution in [3.63, 3.8) is 0 Å². The Labute approximate surface area is 192 Å². The molecule has 0 radical (unpaired) electrons. The third-order valence-electron chi connectivity index (χ3n) is 10.6. The van der Waals surface area contributed by atoms with E-state index >= 15 is 0 Å². The van der Waals surface area contributed by atoms with Gasteiger partial charge in [0.2, 0.25) is 0 Å². The van der Waals surface area contributed by atoms with Gasteiger partial charge in [0.25, 0.3) is 0 Å². The maximum absolute atomic E-state index is 13.2. The van der Waals surface area contributed by atoms with Crippen molar-refractivity contribution in [2.75, 3.05) is 0 Å². The predicted octanol–water partition coefficient (Wildman–Crippen LogP) is 7.45. The number of rotatable bonds is 5. The number of carbonyl (C=O) groups is 1. The predicted molar refractivity (Wildman–Crippen MR) is 131 cm³/mol. The van der Waals surface area contributed by atoms with Crippen LogP contribution in [0.1, 0.15) is 105 Å². The summed E-state index contributed by atoms with van der Waals surface area (Å²) in [5.74, 6) is 5.21. The molecule has 2 nitrogen and oxygen atoms in total. The first kappa shape index (κ1) is 25.0. The summed E-state index contributed by atoms with van der Waals surface area (Å²) in [5.41, 5.74) is 0.609. The van der Waals surface area contributed by atoms with Crippen molar-refractivity contribution < 1.29 is 9.90 Å². The van der Waals surface area contributed by atoms with E-state index in [4.69, 9.17) is 0 Å². The van der Waals surface area contributed by atoms with E-state index in [0.29, 0.717) is 23.0 Å². The second-order valence-corrected chi connectivity index (χ2v) is 12.6. The molecule has 0 saturated heterocycles. The highest BCUT2D eigenvalue weighted by atomic mass is 16.3. The molecule has 1 unspecified atom stereocenters. The van der Waals surface area contributed by atoms with Crippen LogP contribution in [0.5, 0.6) is 0 Å². The summed E-state index contributed by atoms with van der Waals surface area (Å²) in [6.07, 6.45) is 12.8. The fourth-order valence-electron chi connectivity index (χ4n) is 9.04. The summed E-state index contributed by atoms with van der Waals surface area (Å²) in [6.45, 7) is 18.2. The molecule has 9 atom stereocenters. The minimum absolute atomic E-state index is 0.129. The van der Waals surface area contributed by atoms with Gasteiger partial charge in [-0.3, -0.25) is 4.79 Å². The van der Waals surface area contributed by atoms with E-state index in [2.05, 4.69) is 47.8 Å². The fraction of sp³-hybridized carbons (Fsp3) is 0.897. The highest BCUT2D eigenvalue weighted by Gasteiger charge is 2.62. The molecule has 4 aliphatic rings. The third kappa shape index (κ3) is 4.44. The summed E-state index contributed by atoms with van der Waals surface area (Å²) in [6, 6.07) is 0. The number of Topliss-reactive ketones (excluding diaryl/α,β-unsaturated/α-hetero) is 1. The Bertz CT molecular complexity index is 626. The van der Waals surface area contributed by atoms with Crippen molar-refractivity contribution >= 4 is 5.78 Å². The highest BCUT2D eigenvalue weighted by molar-refractivity contribution is 5.83. The summed E-state index contributed by atoms with van der Waals surface area (Å²) >= 11 is 0. The average molecular weight is 431 g/mol. The number of hydrogen-bond acceptors (Lipinski definition) is 2. The molecule has 31 heavy (non-hydrogen) atoms. The fourth-order valence-corrected chi connectivity index (χ4v) is 9.04. The van der Waals surface area contributed by atoms with Gasteiger partial charge < -0.3 is 5.11 Å². The first-order valence-electron chi connectivity index (χ1n) is 13.4.